The van der Waals surface area contributed by atoms with Gasteiger partial charge in [0.25, 0.3) is 0 Å². The third-order valence-electron chi connectivity index (χ3n) is 3.17. The standard InChI is InChI=1S/C11H23NO/c1-4-10(8-13-3)12-11-7-5-6-9(11)2/h9-12H,4-8H2,1-3H3/t9-,10+,11+/m0/s1. The summed E-state index contributed by atoms with van der Waals surface area (Å²) in [6, 6.07) is 1.29. The predicted octanol–water partition coefficient (Wildman–Crippen LogP) is 2.19. The average Bonchev–Trinajstić information content (AvgIpc) is 2.51. The van der Waals surface area contributed by atoms with E-state index in [1.807, 2.05) is 0 Å². The molecule has 3 atom stereocenters. The molecule has 13 heavy (non-hydrogen) atoms. The molecule has 0 aromatic heterocycles. The number of hydrogen-bond acceptors (Lipinski definition) is 2. The van der Waals surface area contributed by atoms with Crippen LogP contribution in [0.3, 0.4) is 0 Å². The Balaban J connectivity index is 2.27. The SMILES string of the molecule is CC[C@H](COC)N[C@@H]1CCC[C@@H]1C. The second-order valence-corrected chi connectivity index (χ2v) is 4.24. The third kappa shape index (κ3) is 3.28. The molecule has 2 nitrogen and oxygen atoms in total. The first-order valence-electron chi connectivity index (χ1n) is 5.53. The van der Waals surface area contributed by atoms with E-state index >= 15 is 0 Å². The average molecular weight is 185 g/mol. The van der Waals surface area contributed by atoms with E-state index in [0.29, 0.717) is 6.04 Å². The van der Waals surface area contributed by atoms with Crippen molar-refractivity contribution in [3.8, 4) is 0 Å². The molecule has 1 N–H and O–H groups in total. The van der Waals surface area contributed by atoms with Crippen LogP contribution in [0.25, 0.3) is 0 Å². The maximum atomic E-state index is 5.18. The first-order chi connectivity index (χ1) is 6.27. The molecule has 78 valence electrons. The Morgan fingerprint density at radius 3 is 2.69 bits per heavy atom. The maximum Gasteiger partial charge on any atom is 0.0615 e. The van der Waals surface area contributed by atoms with Crippen LogP contribution in [0.1, 0.15) is 39.5 Å². The van der Waals surface area contributed by atoms with Crippen LogP contribution in [-0.2, 0) is 4.74 Å². The Morgan fingerprint density at radius 2 is 2.23 bits per heavy atom. The van der Waals surface area contributed by atoms with Crippen molar-refractivity contribution in [3.63, 3.8) is 0 Å². The van der Waals surface area contributed by atoms with E-state index < -0.39 is 0 Å². The molecule has 0 aromatic rings. The Bertz CT molecular complexity index is 138. The van der Waals surface area contributed by atoms with E-state index in [2.05, 4.69) is 19.2 Å². The summed E-state index contributed by atoms with van der Waals surface area (Å²) >= 11 is 0. The lowest BCUT2D eigenvalue weighted by Crippen LogP contribution is -2.41. The zero-order valence-electron chi connectivity index (χ0n) is 9.18. The van der Waals surface area contributed by atoms with Gasteiger partial charge >= 0.3 is 0 Å². The van der Waals surface area contributed by atoms with Crippen LogP contribution < -0.4 is 5.32 Å². The van der Waals surface area contributed by atoms with Gasteiger partial charge in [-0.05, 0) is 25.2 Å². The summed E-state index contributed by atoms with van der Waals surface area (Å²) in [6.45, 7) is 5.42. The van der Waals surface area contributed by atoms with Crippen molar-refractivity contribution >= 4 is 0 Å². The van der Waals surface area contributed by atoms with Crippen LogP contribution in [0.4, 0.5) is 0 Å². The fraction of sp³-hybridized carbons (Fsp3) is 1.00. The first-order valence-corrected chi connectivity index (χ1v) is 5.53. The third-order valence-corrected chi connectivity index (χ3v) is 3.17. The molecular formula is C11H23NO. The summed E-state index contributed by atoms with van der Waals surface area (Å²) in [4.78, 5) is 0. The van der Waals surface area contributed by atoms with Gasteiger partial charge in [-0.1, -0.05) is 20.3 Å². The smallest absolute Gasteiger partial charge is 0.0615 e. The van der Waals surface area contributed by atoms with Crippen molar-refractivity contribution < 1.29 is 4.74 Å². The van der Waals surface area contributed by atoms with Gasteiger partial charge in [0.1, 0.15) is 0 Å². The van der Waals surface area contributed by atoms with Gasteiger partial charge in [-0.2, -0.15) is 0 Å². The molecule has 0 bridgehead atoms. The van der Waals surface area contributed by atoms with Gasteiger partial charge in [0, 0.05) is 19.2 Å². The molecular weight excluding hydrogens is 162 g/mol. The highest BCUT2D eigenvalue weighted by atomic mass is 16.5. The molecule has 1 rings (SSSR count). The van der Waals surface area contributed by atoms with Crippen molar-refractivity contribution in [1.82, 2.24) is 5.32 Å². The summed E-state index contributed by atoms with van der Waals surface area (Å²) in [5.74, 6) is 0.853. The topological polar surface area (TPSA) is 21.3 Å². The van der Waals surface area contributed by atoms with Gasteiger partial charge in [-0.15, -0.1) is 0 Å². The van der Waals surface area contributed by atoms with Gasteiger partial charge in [0.2, 0.25) is 0 Å². The highest BCUT2D eigenvalue weighted by Crippen LogP contribution is 2.25. The first kappa shape index (κ1) is 11.0. The molecule has 0 spiro atoms. The quantitative estimate of drug-likeness (QED) is 0.709. The highest BCUT2D eigenvalue weighted by Gasteiger charge is 2.24. The van der Waals surface area contributed by atoms with Crippen LogP contribution in [-0.4, -0.2) is 25.8 Å². The maximum absolute atomic E-state index is 5.18. The summed E-state index contributed by atoms with van der Waals surface area (Å²) in [6.07, 6.45) is 5.29. The van der Waals surface area contributed by atoms with Crippen molar-refractivity contribution in [2.75, 3.05) is 13.7 Å². The molecule has 0 unspecified atom stereocenters. The number of rotatable bonds is 5. The minimum atomic E-state index is 0.551. The molecule has 0 amide bonds. The number of methoxy groups -OCH3 is 1. The normalized spacial score (nSPS) is 30.7. The largest absolute Gasteiger partial charge is 0.383 e. The minimum absolute atomic E-state index is 0.551. The van der Waals surface area contributed by atoms with E-state index in [0.717, 1.165) is 25.0 Å². The van der Waals surface area contributed by atoms with Crippen molar-refractivity contribution in [3.05, 3.63) is 0 Å². The van der Waals surface area contributed by atoms with Crippen LogP contribution in [0.5, 0.6) is 0 Å². The molecule has 0 radical (unpaired) electrons. The molecule has 1 fully saturated rings. The lowest BCUT2D eigenvalue weighted by molar-refractivity contribution is 0.155. The lowest BCUT2D eigenvalue weighted by atomic mass is 10.0. The molecule has 0 aromatic carbocycles. The van der Waals surface area contributed by atoms with E-state index in [1.165, 1.54) is 19.3 Å². The lowest BCUT2D eigenvalue weighted by Gasteiger charge is -2.24. The molecule has 0 aliphatic heterocycles. The number of nitrogens with one attached hydrogen (secondary N) is 1. The van der Waals surface area contributed by atoms with E-state index in [9.17, 15) is 0 Å². The van der Waals surface area contributed by atoms with Crippen LogP contribution in [0.2, 0.25) is 0 Å². The molecule has 2 heteroatoms. The van der Waals surface area contributed by atoms with Gasteiger partial charge in [0.15, 0.2) is 0 Å². The molecule has 0 saturated heterocycles. The summed E-state index contributed by atoms with van der Waals surface area (Å²) in [5, 5.41) is 3.69. The van der Waals surface area contributed by atoms with Gasteiger partial charge in [0.05, 0.1) is 6.61 Å². The highest BCUT2D eigenvalue weighted by molar-refractivity contribution is 4.82. The second kappa shape index (κ2) is 5.61. The Labute approximate surface area is 82.0 Å². The minimum Gasteiger partial charge on any atom is -0.383 e. The zero-order chi connectivity index (χ0) is 9.68. The number of hydrogen-bond donors (Lipinski definition) is 1. The summed E-state index contributed by atoms with van der Waals surface area (Å²) in [5.41, 5.74) is 0. The monoisotopic (exact) mass is 185 g/mol. The van der Waals surface area contributed by atoms with E-state index in [-0.39, 0.29) is 0 Å². The molecule has 0 heterocycles. The van der Waals surface area contributed by atoms with Crippen molar-refractivity contribution in [2.45, 2.75) is 51.6 Å². The molecule has 1 aliphatic rings. The fourth-order valence-electron chi connectivity index (χ4n) is 2.18. The van der Waals surface area contributed by atoms with Crippen LogP contribution in [0, 0.1) is 5.92 Å². The molecule has 1 aliphatic carbocycles. The Hall–Kier alpha value is -0.0800. The number of ether oxygens (including phenoxy) is 1. The summed E-state index contributed by atoms with van der Waals surface area (Å²) < 4.78 is 5.18. The van der Waals surface area contributed by atoms with E-state index in [4.69, 9.17) is 4.74 Å². The van der Waals surface area contributed by atoms with Gasteiger partial charge in [-0.3, -0.25) is 0 Å². The Morgan fingerprint density at radius 1 is 1.46 bits per heavy atom. The predicted molar refractivity (Wildman–Crippen MR) is 55.9 cm³/mol. The van der Waals surface area contributed by atoms with Crippen molar-refractivity contribution in [1.29, 1.82) is 0 Å². The van der Waals surface area contributed by atoms with Crippen molar-refractivity contribution in [2.24, 2.45) is 5.92 Å². The molecule has 1 saturated carbocycles. The zero-order valence-corrected chi connectivity index (χ0v) is 9.18. The summed E-state index contributed by atoms with van der Waals surface area (Å²) in [7, 11) is 1.78. The fourth-order valence-corrected chi connectivity index (χ4v) is 2.18. The van der Waals surface area contributed by atoms with E-state index in [1.54, 1.807) is 7.11 Å². The van der Waals surface area contributed by atoms with Gasteiger partial charge in [-0.25, -0.2) is 0 Å². The van der Waals surface area contributed by atoms with Crippen LogP contribution >= 0.6 is 0 Å². The van der Waals surface area contributed by atoms with Crippen LogP contribution in [0.15, 0.2) is 0 Å². The van der Waals surface area contributed by atoms with Gasteiger partial charge < -0.3 is 10.1 Å². The second-order valence-electron chi connectivity index (χ2n) is 4.24. The Kier molecular flexibility index (Phi) is 4.74.